The van der Waals surface area contributed by atoms with Gasteiger partial charge < -0.3 is 10.1 Å². The van der Waals surface area contributed by atoms with Crippen molar-refractivity contribution >= 4 is 17.5 Å². The van der Waals surface area contributed by atoms with E-state index in [4.69, 9.17) is 4.74 Å². The molecule has 0 aromatic carbocycles. The van der Waals surface area contributed by atoms with Gasteiger partial charge in [-0.05, 0) is 26.8 Å². The van der Waals surface area contributed by atoms with E-state index in [-0.39, 0.29) is 17.2 Å². The molecule has 1 N–H and O–H groups in total. The number of nitro groups is 1. The number of nitrogens with one attached hydrogen (secondary N) is 1. The summed E-state index contributed by atoms with van der Waals surface area (Å²) >= 11 is 0. The molecule has 0 radical (unpaired) electrons. The number of carbonyl (C=O) groups excluding carboxylic acids is 1. The third kappa shape index (κ3) is 3.41. The minimum atomic E-state index is -0.639. The molecule has 1 aromatic heterocycles. The molecule has 0 fully saturated rings. The maximum absolute atomic E-state index is 11.7. The van der Waals surface area contributed by atoms with Gasteiger partial charge >= 0.3 is 11.7 Å². The van der Waals surface area contributed by atoms with E-state index in [1.165, 1.54) is 19.2 Å². The van der Waals surface area contributed by atoms with Gasteiger partial charge in [0.25, 0.3) is 0 Å². The Balaban J connectivity index is 3.06. The zero-order valence-corrected chi connectivity index (χ0v) is 10.7. The molecule has 1 aromatic rings. The molecular weight excluding hydrogens is 238 g/mol. The molecule has 1 heterocycles. The molecule has 0 atom stereocenters. The van der Waals surface area contributed by atoms with Gasteiger partial charge in [-0.15, -0.1) is 0 Å². The van der Waals surface area contributed by atoms with Crippen molar-refractivity contribution in [2.75, 3.05) is 12.4 Å². The highest BCUT2D eigenvalue weighted by Crippen LogP contribution is 2.22. The summed E-state index contributed by atoms with van der Waals surface area (Å²) in [4.78, 5) is 25.7. The van der Waals surface area contributed by atoms with Gasteiger partial charge in [0.1, 0.15) is 5.60 Å². The second-order valence-electron chi connectivity index (χ2n) is 4.57. The molecule has 7 nitrogen and oxygen atoms in total. The number of pyridine rings is 1. The maximum atomic E-state index is 11.7. The summed E-state index contributed by atoms with van der Waals surface area (Å²) in [6, 6.07) is 2.49. The average Bonchev–Trinajstić information content (AvgIpc) is 2.25. The maximum Gasteiger partial charge on any atom is 0.357 e. The van der Waals surface area contributed by atoms with E-state index in [0.717, 1.165) is 0 Å². The van der Waals surface area contributed by atoms with Gasteiger partial charge in [0, 0.05) is 13.1 Å². The molecular formula is C11H15N3O4. The number of hydrogen-bond donors (Lipinski definition) is 1. The van der Waals surface area contributed by atoms with Crippen LogP contribution in [0.2, 0.25) is 0 Å². The fraction of sp³-hybridized carbons (Fsp3) is 0.455. The number of hydrogen-bond acceptors (Lipinski definition) is 6. The van der Waals surface area contributed by atoms with Crippen LogP contribution in [0.15, 0.2) is 12.1 Å². The van der Waals surface area contributed by atoms with E-state index in [2.05, 4.69) is 10.3 Å². The summed E-state index contributed by atoms with van der Waals surface area (Å²) in [6.07, 6.45) is 0. The van der Waals surface area contributed by atoms with Gasteiger partial charge in [0.2, 0.25) is 5.82 Å². The lowest BCUT2D eigenvalue weighted by molar-refractivity contribution is -0.384. The monoisotopic (exact) mass is 253 g/mol. The lowest BCUT2D eigenvalue weighted by atomic mass is 10.2. The van der Waals surface area contributed by atoms with Gasteiger partial charge in [-0.2, -0.15) is 0 Å². The molecule has 0 unspecified atom stereocenters. The summed E-state index contributed by atoms with van der Waals surface area (Å²) in [5, 5.41) is 13.3. The van der Waals surface area contributed by atoms with Crippen molar-refractivity contribution < 1.29 is 14.5 Å². The number of aromatic nitrogens is 1. The normalized spacial score (nSPS) is 10.9. The van der Waals surface area contributed by atoms with Gasteiger partial charge in [-0.25, -0.2) is 9.78 Å². The molecule has 1 rings (SSSR count). The first-order chi connectivity index (χ1) is 8.24. The number of ether oxygens (including phenoxy) is 1. The summed E-state index contributed by atoms with van der Waals surface area (Å²) in [7, 11) is 1.49. The zero-order valence-electron chi connectivity index (χ0n) is 10.7. The molecule has 0 aliphatic heterocycles. The molecule has 0 saturated carbocycles. The predicted molar refractivity (Wildman–Crippen MR) is 65.6 cm³/mol. The minimum absolute atomic E-state index is 0.0277. The molecule has 0 bridgehead atoms. The molecule has 0 saturated heterocycles. The molecule has 98 valence electrons. The SMILES string of the molecule is CNc1nc(C(=O)OC(C)(C)C)ccc1[N+](=O)[O-]. The third-order valence-electron chi connectivity index (χ3n) is 1.92. The van der Waals surface area contributed by atoms with Crippen molar-refractivity contribution in [1.29, 1.82) is 0 Å². The Labute approximate surface area is 104 Å². The van der Waals surface area contributed by atoms with Crippen LogP contribution in [0.4, 0.5) is 11.5 Å². The van der Waals surface area contributed by atoms with E-state index in [0.29, 0.717) is 0 Å². The smallest absolute Gasteiger partial charge is 0.357 e. The summed E-state index contributed by atoms with van der Waals surface area (Å²) in [6.45, 7) is 5.19. The Hall–Kier alpha value is -2.18. The quantitative estimate of drug-likeness (QED) is 0.503. The van der Waals surface area contributed by atoms with Crippen LogP contribution in [0.25, 0.3) is 0 Å². The van der Waals surface area contributed by atoms with Crippen LogP contribution in [0.3, 0.4) is 0 Å². The third-order valence-corrected chi connectivity index (χ3v) is 1.92. The second-order valence-corrected chi connectivity index (χ2v) is 4.57. The molecule has 0 spiro atoms. The van der Waals surface area contributed by atoms with Crippen molar-refractivity contribution in [3.8, 4) is 0 Å². The Morgan fingerprint density at radius 1 is 1.44 bits per heavy atom. The van der Waals surface area contributed by atoms with Crippen molar-refractivity contribution in [1.82, 2.24) is 4.98 Å². The second kappa shape index (κ2) is 4.99. The number of anilines is 1. The van der Waals surface area contributed by atoms with Crippen LogP contribution in [-0.2, 0) is 4.74 Å². The van der Waals surface area contributed by atoms with E-state index in [1.807, 2.05) is 0 Å². The standard InChI is InChI=1S/C11H15N3O4/c1-11(2,3)18-10(15)7-5-6-8(14(16)17)9(12-4)13-7/h5-6H,1-4H3,(H,12,13). The Kier molecular flexibility index (Phi) is 3.85. The van der Waals surface area contributed by atoms with Crippen LogP contribution < -0.4 is 5.32 Å². The van der Waals surface area contributed by atoms with Crippen LogP contribution in [0, 0.1) is 10.1 Å². The van der Waals surface area contributed by atoms with E-state index >= 15 is 0 Å². The van der Waals surface area contributed by atoms with Gasteiger partial charge in [0.15, 0.2) is 5.69 Å². The van der Waals surface area contributed by atoms with E-state index in [9.17, 15) is 14.9 Å². The fourth-order valence-corrected chi connectivity index (χ4v) is 1.23. The fourth-order valence-electron chi connectivity index (χ4n) is 1.23. The summed E-state index contributed by atoms with van der Waals surface area (Å²) < 4.78 is 5.12. The van der Waals surface area contributed by atoms with Crippen LogP contribution >= 0.6 is 0 Å². The first kappa shape index (κ1) is 13.9. The number of rotatable bonds is 3. The minimum Gasteiger partial charge on any atom is -0.455 e. The van der Waals surface area contributed by atoms with Crippen LogP contribution in [-0.4, -0.2) is 28.5 Å². The van der Waals surface area contributed by atoms with Crippen molar-refractivity contribution in [3.63, 3.8) is 0 Å². The summed E-state index contributed by atoms with van der Waals surface area (Å²) in [5.74, 6) is -0.586. The number of carbonyl (C=O) groups is 1. The largest absolute Gasteiger partial charge is 0.455 e. The highest BCUT2D eigenvalue weighted by Gasteiger charge is 2.22. The molecule has 0 aliphatic carbocycles. The highest BCUT2D eigenvalue weighted by molar-refractivity contribution is 5.88. The van der Waals surface area contributed by atoms with Crippen molar-refractivity contribution in [2.45, 2.75) is 26.4 Å². The zero-order chi connectivity index (χ0) is 13.9. The van der Waals surface area contributed by atoms with Gasteiger partial charge in [0.05, 0.1) is 4.92 Å². The first-order valence-electron chi connectivity index (χ1n) is 5.31. The number of esters is 1. The lowest BCUT2D eigenvalue weighted by Crippen LogP contribution is -2.24. The van der Waals surface area contributed by atoms with Crippen molar-refractivity contribution in [2.24, 2.45) is 0 Å². The van der Waals surface area contributed by atoms with Crippen LogP contribution in [0.1, 0.15) is 31.3 Å². The number of nitrogens with zero attached hydrogens (tertiary/aromatic N) is 2. The van der Waals surface area contributed by atoms with E-state index < -0.39 is 16.5 Å². The molecule has 0 amide bonds. The lowest BCUT2D eigenvalue weighted by Gasteiger charge is -2.19. The predicted octanol–water partition coefficient (Wildman–Crippen LogP) is 1.99. The average molecular weight is 253 g/mol. The first-order valence-corrected chi connectivity index (χ1v) is 5.31. The molecule has 0 aliphatic rings. The van der Waals surface area contributed by atoms with E-state index in [1.54, 1.807) is 20.8 Å². The van der Waals surface area contributed by atoms with Crippen LogP contribution in [0.5, 0.6) is 0 Å². The highest BCUT2D eigenvalue weighted by atomic mass is 16.6. The van der Waals surface area contributed by atoms with Gasteiger partial charge in [-0.3, -0.25) is 10.1 Å². The Morgan fingerprint density at radius 3 is 2.50 bits per heavy atom. The van der Waals surface area contributed by atoms with Crippen molar-refractivity contribution in [3.05, 3.63) is 27.9 Å². The molecule has 7 heteroatoms. The topological polar surface area (TPSA) is 94.4 Å². The molecule has 18 heavy (non-hydrogen) atoms. The summed E-state index contributed by atoms with van der Waals surface area (Å²) in [5.41, 5.74) is -0.801. The van der Waals surface area contributed by atoms with Gasteiger partial charge in [-0.1, -0.05) is 0 Å². The Bertz CT molecular complexity index is 480. The Morgan fingerprint density at radius 2 is 2.06 bits per heavy atom.